The maximum Gasteiger partial charge on any atom is 0.358 e. The van der Waals surface area contributed by atoms with E-state index in [1.54, 1.807) is 0 Å². The Bertz CT molecular complexity index is 602. The van der Waals surface area contributed by atoms with Gasteiger partial charge in [0.25, 0.3) is 0 Å². The van der Waals surface area contributed by atoms with E-state index in [9.17, 15) is 14.3 Å². The highest BCUT2D eigenvalue weighted by Crippen LogP contribution is 2.14. The second-order valence-electron chi connectivity index (χ2n) is 4.23. The van der Waals surface area contributed by atoms with Crippen LogP contribution in [-0.4, -0.2) is 34.7 Å². The number of hydrogen-bond acceptors (Lipinski definition) is 6. The van der Waals surface area contributed by atoms with Gasteiger partial charge >= 0.3 is 5.97 Å². The molecule has 0 fully saturated rings. The van der Waals surface area contributed by atoms with Crippen molar-refractivity contribution in [2.24, 2.45) is 0 Å². The largest absolute Gasteiger partial charge is 0.464 e. The normalized spacial score (nSPS) is 11.8. The Morgan fingerprint density at radius 1 is 1.33 bits per heavy atom. The molecule has 0 aliphatic carbocycles. The Morgan fingerprint density at radius 3 is 2.62 bits per heavy atom. The van der Waals surface area contributed by atoms with Gasteiger partial charge in [-0.1, -0.05) is 12.1 Å². The topological polar surface area (TPSA) is 84.3 Å². The lowest BCUT2D eigenvalue weighted by Gasteiger charge is -2.12. The molecule has 0 spiro atoms. The lowest BCUT2D eigenvalue weighted by atomic mass is 10.1. The Morgan fingerprint density at radius 2 is 2.05 bits per heavy atom. The number of nitrogens with zero attached hydrogens (tertiary/aromatic N) is 2. The Labute approximate surface area is 120 Å². The maximum atomic E-state index is 12.8. The Balaban J connectivity index is 1.93. The minimum Gasteiger partial charge on any atom is -0.464 e. The fourth-order valence-electron chi connectivity index (χ4n) is 1.63. The summed E-state index contributed by atoms with van der Waals surface area (Å²) in [6.45, 7) is 0.178. The molecule has 0 saturated carbocycles. The predicted octanol–water partition coefficient (Wildman–Crippen LogP) is 1.55. The zero-order valence-electron chi connectivity index (χ0n) is 11.3. The number of carbonyl (C=O) groups excluding carboxylic acids is 1. The van der Waals surface area contributed by atoms with E-state index in [-0.39, 0.29) is 18.1 Å². The summed E-state index contributed by atoms with van der Waals surface area (Å²) in [7, 11) is 1.26. The van der Waals surface area contributed by atoms with Gasteiger partial charge in [0.1, 0.15) is 11.6 Å². The fourth-order valence-corrected chi connectivity index (χ4v) is 1.63. The number of nitrogens with one attached hydrogen (secondary N) is 1. The van der Waals surface area contributed by atoms with Crippen LogP contribution in [0.1, 0.15) is 22.2 Å². The number of ether oxygens (including phenoxy) is 1. The van der Waals surface area contributed by atoms with Gasteiger partial charge in [-0.05, 0) is 17.7 Å². The molecule has 1 aromatic carbocycles. The number of aliphatic hydroxyl groups is 1. The lowest BCUT2D eigenvalue weighted by Crippen LogP contribution is -2.14. The summed E-state index contributed by atoms with van der Waals surface area (Å²) in [5.41, 5.74) is 0.685. The summed E-state index contributed by atoms with van der Waals surface area (Å²) in [6.07, 6.45) is 1.83. The average molecular weight is 291 g/mol. The highest BCUT2D eigenvalue weighted by atomic mass is 19.1. The van der Waals surface area contributed by atoms with Gasteiger partial charge < -0.3 is 15.2 Å². The zero-order valence-corrected chi connectivity index (χ0v) is 11.3. The number of aromatic nitrogens is 2. The first-order valence-electron chi connectivity index (χ1n) is 6.18. The molecule has 2 rings (SSSR count). The Hall–Kier alpha value is -2.54. The summed E-state index contributed by atoms with van der Waals surface area (Å²) in [4.78, 5) is 19.1. The molecule has 2 aromatic rings. The van der Waals surface area contributed by atoms with Crippen LogP contribution in [0.3, 0.4) is 0 Å². The van der Waals surface area contributed by atoms with Gasteiger partial charge in [-0.3, -0.25) is 0 Å². The third kappa shape index (κ3) is 3.96. The second kappa shape index (κ2) is 6.76. The molecule has 1 heterocycles. The SMILES string of the molecule is COC(=O)c1cnc(NC[C@H](O)c2ccc(F)cc2)cn1. The van der Waals surface area contributed by atoms with Gasteiger partial charge in [-0.25, -0.2) is 19.2 Å². The molecule has 1 atom stereocenters. The summed E-state index contributed by atoms with van der Waals surface area (Å²) in [5.74, 6) is -0.521. The van der Waals surface area contributed by atoms with Crippen LogP contribution in [0.5, 0.6) is 0 Å². The molecule has 0 aliphatic rings. The zero-order chi connectivity index (χ0) is 15.2. The van der Waals surface area contributed by atoms with Crippen LogP contribution in [0.25, 0.3) is 0 Å². The molecule has 1 aromatic heterocycles. The molecule has 0 bridgehead atoms. The van der Waals surface area contributed by atoms with Crippen molar-refractivity contribution in [1.29, 1.82) is 0 Å². The number of rotatable bonds is 5. The molecule has 0 saturated heterocycles. The third-order valence-electron chi connectivity index (χ3n) is 2.78. The van der Waals surface area contributed by atoms with Gasteiger partial charge in [-0.15, -0.1) is 0 Å². The molecular weight excluding hydrogens is 277 g/mol. The molecular formula is C14H14FN3O3. The highest BCUT2D eigenvalue weighted by Gasteiger charge is 2.10. The van der Waals surface area contributed by atoms with Crippen molar-refractivity contribution in [2.45, 2.75) is 6.10 Å². The van der Waals surface area contributed by atoms with Crippen LogP contribution in [0.4, 0.5) is 10.2 Å². The number of aliphatic hydroxyl groups excluding tert-OH is 1. The van der Waals surface area contributed by atoms with Crippen molar-refractivity contribution in [1.82, 2.24) is 9.97 Å². The number of hydrogen-bond donors (Lipinski definition) is 2. The van der Waals surface area contributed by atoms with E-state index < -0.39 is 12.1 Å². The van der Waals surface area contributed by atoms with Crippen LogP contribution in [0.2, 0.25) is 0 Å². The van der Waals surface area contributed by atoms with E-state index in [0.717, 1.165) is 0 Å². The number of benzene rings is 1. The molecule has 0 amide bonds. The van der Waals surface area contributed by atoms with Crippen LogP contribution in [-0.2, 0) is 4.74 Å². The molecule has 110 valence electrons. The van der Waals surface area contributed by atoms with Gasteiger partial charge in [0.05, 0.1) is 25.6 Å². The fraction of sp³-hybridized carbons (Fsp3) is 0.214. The molecule has 0 radical (unpaired) electrons. The Kier molecular flexibility index (Phi) is 4.78. The van der Waals surface area contributed by atoms with Crippen molar-refractivity contribution in [3.8, 4) is 0 Å². The summed E-state index contributed by atoms with van der Waals surface area (Å²) in [6, 6.07) is 5.58. The molecule has 6 nitrogen and oxygen atoms in total. The van der Waals surface area contributed by atoms with E-state index in [0.29, 0.717) is 11.4 Å². The van der Waals surface area contributed by atoms with Crippen molar-refractivity contribution in [3.63, 3.8) is 0 Å². The second-order valence-corrected chi connectivity index (χ2v) is 4.23. The lowest BCUT2D eigenvalue weighted by molar-refractivity contribution is 0.0593. The summed E-state index contributed by atoms with van der Waals surface area (Å²) >= 11 is 0. The van der Waals surface area contributed by atoms with Crippen molar-refractivity contribution in [3.05, 3.63) is 53.7 Å². The number of halogens is 1. The first-order valence-corrected chi connectivity index (χ1v) is 6.18. The number of anilines is 1. The van der Waals surface area contributed by atoms with Crippen LogP contribution in [0.15, 0.2) is 36.7 Å². The van der Waals surface area contributed by atoms with Crippen LogP contribution < -0.4 is 5.32 Å². The monoisotopic (exact) mass is 291 g/mol. The third-order valence-corrected chi connectivity index (χ3v) is 2.78. The molecule has 2 N–H and O–H groups in total. The number of carbonyl (C=O) groups is 1. The predicted molar refractivity (Wildman–Crippen MR) is 73.2 cm³/mol. The van der Waals surface area contributed by atoms with E-state index in [1.807, 2.05) is 0 Å². The van der Waals surface area contributed by atoms with Crippen LogP contribution >= 0.6 is 0 Å². The van der Waals surface area contributed by atoms with Gasteiger partial charge in [0, 0.05) is 6.54 Å². The van der Waals surface area contributed by atoms with E-state index in [4.69, 9.17) is 0 Å². The van der Waals surface area contributed by atoms with Gasteiger partial charge in [0.15, 0.2) is 5.69 Å². The summed E-state index contributed by atoms with van der Waals surface area (Å²) < 4.78 is 17.3. The van der Waals surface area contributed by atoms with Crippen LogP contribution in [0, 0.1) is 5.82 Å². The maximum absolute atomic E-state index is 12.8. The molecule has 7 heteroatoms. The number of esters is 1. The number of methoxy groups -OCH3 is 1. The average Bonchev–Trinajstić information content (AvgIpc) is 2.53. The quantitative estimate of drug-likeness (QED) is 0.813. The standard InChI is InChI=1S/C14H14FN3O3/c1-21-14(20)11-6-17-13(8-16-11)18-7-12(19)9-2-4-10(15)5-3-9/h2-6,8,12,19H,7H2,1H3,(H,17,18)/t12-/m0/s1. The van der Waals surface area contributed by atoms with E-state index in [2.05, 4.69) is 20.0 Å². The van der Waals surface area contributed by atoms with Gasteiger partial charge in [-0.2, -0.15) is 0 Å². The van der Waals surface area contributed by atoms with E-state index >= 15 is 0 Å². The van der Waals surface area contributed by atoms with Crippen molar-refractivity contribution in [2.75, 3.05) is 19.0 Å². The van der Waals surface area contributed by atoms with E-state index in [1.165, 1.54) is 43.8 Å². The minimum absolute atomic E-state index is 0.0992. The van der Waals surface area contributed by atoms with Gasteiger partial charge in [0.2, 0.25) is 0 Å². The first-order chi connectivity index (χ1) is 10.1. The first kappa shape index (κ1) is 14.9. The highest BCUT2D eigenvalue weighted by molar-refractivity contribution is 5.86. The van der Waals surface area contributed by atoms with Crippen molar-refractivity contribution >= 4 is 11.8 Å². The van der Waals surface area contributed by atoms with Crippen molar-refractivity contribution < 1.29 is 19.0 Å². The smallest absolute Gasteiger partial charge is 0.358 e. The minimum atomic E-state index is -0.812. The summed E-state index contributed by atoms with van der Waals surface area (Å²) in [5, 5.41) is 12.8. The molecule has 21 heavy (non-hydrogen) atoms. The molecule has 0 aliphatic heterocycles. The molecule has 0 unspecified atom stereocenters.